The standard InChI is InChI=1S/C12H8F3NO3/c1-2-7-10(12(17)18)19-11(16-7)5-3-4-6(13)9(15)8(5)14/h3-4H,2H2,1H3,(H,17,18). The third kappa shape index (κ3) is 2.18. The maximum absolute atomic E-state index is 13.5. The number of oxazole rings is 1. The number of aromatic carboxylic acids is 1. The van der Waals surface area contributed by atoms with Crippen LogP contribution in [0.1, 0.15) is 23.2 Å². The molecule has 100 valence electrons. The Kier molecular flexibility index (Phi) is 3.28. The molecule has 7 heteroatoms. The third-order valence-corrected chi connectivity index (χ3v) is 2.49. The SMILES string of the molecule is CCc1nc(-c2ccc(F)c(F)c2F)oc1C(=O)O. The zero-order valence-corrected chi connectivity index (χ0v) is 9.71. The van der Waals surface area contributed by atoms with Crippen LogP contribution in [0.2, 0.25) is 0 Å². The maximum Gasteiger partial charge on any atom is 0.373 e. The van der Waals surface area contributed by atoms with Gasteiger partial charge in [-0.05, 0) is 18.6 Å². The summed E-state index contributed by atoms with van der Waals surface area (Å²) in [6, 6.07) is 1.65. The number of carbonyl (C=O) groups is 1. The van der Waals surface area contributed by atoms with Gasteiger partial charge in [0.25, 0.3) is 0 Å². The smallest absolute Gasteiger partial charge is 0.373 e. The molecular weight excluding hydrogens is 263 g/mol. The average molecular weight is 271 g/mol. The summed E-state index contributed by atoms with van der Waals surface area (Å²) in [5, 5.41) is 8.86. The van der Waals surface area contributed by atoms with Gasteiger partial charge in [-0.25, -0.2) is 22.9 Å². The molecule has 0 fully saturated rings. The second kappa shape index (κ2) is 4.75. The van der Waals surface area contributed by atoms with Gasteiger partial charge in [-0.1, -0.05) is 6.92 Å². The predicted molar refractivity (Wildman–Crippen MR) is 58.2 cm³/mol. The molecule has 0 aliphatic rings. The van der Waals surface area contributed by atoms with Crippen molar-refractivity contribution in [2.24, 2.45) is 0 Å². The zero-order valence-electron chi connectivity index (χ0n) is 9.71. The molecule has 0 saturated carbocycles. The highest BCUT2D eigenvalue weighted by Crippen LogP contribution is 2.27. The summed E-state index contributed by atoms with van der Waals surface area (Å²) in [6.45, 7) is 1.63. The molecule has 2 rings (SSSR count). The number of carboxylic acid groups (broad SMARTS) is 1. The Bertz CT molecular complexity index is 652. The van der Waals surface area contributed by atoms with Crippen LogP contribution < -0.4 is 0 Å². The minimum atomic E-state index is -1.66. The van der Waals surface area contributed by atoms with E-state index < -0.39 is 40.6 Å². The molecule has 19 heavy (non-hydrogen) atoms. The fourth-order valence-corrected chi connectivity index (χ4v) is 1.56. The number of hydrogen-bond donors (Lipinski definition) is 1. The molecule has 0 aliphatic heterocycles. The molecule has 1 aromatic heterocycles. The monoisotopic (exact) mass is 271 g/mol. The highest BCUT2D eigenvalue weighted by atomic mass is 19.2. The number of aromatic nitrogens is 1. The van der Waals surface area contributed by atoms with Crippen LogP contribution in [0.4, 0.5) is 13.2 Å². The molecule has 2 aromatic rings. The first-order valence-electron chi connectivity index (χ1n) is 5.32. The summed E-state index contributed by atoms with van der Waals surface area (Å²) in [6.07, 6.45) is 0.246. The van der Waals surface area contributed by atoms with Gasteiger partial charge in [-0.3, -0.25) is 0 Å². The van der Waals surface area contributed by atoms with Crippen molar-refractivity contribution in [3.05, 3.63) is 41.0 Å². The van der Waals surface area contributed by atoms with Gasteiger partial charge in [0.1, 0.15) is 0 Å². The highest BCUT2D eigenvalue weighted by molar-refractivity contribution is 5.86. The molecule has 4 nitrogen and oxygen atoms in total. The summed E-state index contributed by atoms with van der Waals surface area (Å²) in [7, 11) is 0. The minimum Gasteiger partial charge on any atom is -0.475 e. The molecule has 0 atom stereocenters. The second-order valence-corrected chi connectivity index (χ2v) is 3.68. The van der Waals surface area contributed by atoms with Crippen molar-refractivity contribution in [1.82, 2.24) is 4.98 Å². The molecule has 1 aromatic carbocycles. The predicted octanol–water partition coefficient (Wildman–Crippen LogP) is 3.02. The van der Waals surface area contributed by atoms with Crippen molar-refractivity contribution in [2.45, 2.75) is 13.3 Å². The summed E-state index contributed by atoms with van der Waals surface area (Å²) < 4.78 is 44.3. The molecule has 0 saturated heterocycles. The van der Waals surface area contributed by atoms with Crippen LogP contribution in [-0.2, 0) is 6.42 Å². The van der Waals surface area contributed by atoms with E-state index in [4.69, 9.17) is 9.52 Å². The number of halogens is 3. The lowest BCUT2D eigenvalue weighted by Crippen LogP contribution is -1.98. The van der Waals surface area contributed by atoms with Gasteiger partial charge in [-0.15, -0.1) is 0 Å². The van der Waals surface area contributed by atoms with E-state index in [-0.39, 0.29) is 12.1 Å². The van der Waals surface area contributed by atoms with Crippen molar-refractivity contribution in [3.63, 3.8) is 0 Å². The van der Waals surface area contributed by atoms with E-state index in [1.807, 2.05) is 0 Å². The Morgan fingerprint density at radius 1 is 1.32 bits per heavy atom. The fourth-order valence-electron chi connectivity index (χ4n) is 1.56. The largest absolute Gasteiger partial charge is 0.475 e. The summed E-state index contributed by atoms with van der Waals surface area (Å²) >= 11 is 0. The van der Waals surface area contributed by atoms with E-state index in [9.17, 15) is 18.0 Å². The Morgan fingerprint density at radius 3 is 2.53 bits per heavy atom. The maximum atomic E-state index is 13.5. The van der Waals surface area contributed by atoms with E-state index in [0.717, 1.165) is 6.07 Å². The fraction of sp³-hybridized carbons (Fsp3) is 0.167. The van der Waals surface area contributed by atoms with Crippen LogP contribution in [0.3, 0.4) is 0 Å². The topological polar surface area (TPSA) is 63.3 Å². The van der Waals surface area contributed by atoms with Crippen molar-refractivity contribution >= 4 is 5.97 Å². The van der Waals surface area contributed by atoms with Crippen LogP contribution in [-0.4, -0.2) is 16.1 Å². The van der Waals surface area contributed by atoms with Crippen molar-refractivity contribution in [1.29, 1.82) is 0 Å². The van der Waals surface area contributed by atoms with Gasteiger partial charge in [0.15, 0.2) is 17.5 Å². The first-order chi connectivity index (χ1) is 8.95. The molecule has 1 N–H and O–H groups in total. The van der Waals surface area contributed by atoms with Gasteiger partial charge in [0.2, 0.25) is 11.7 Å². The number of aryl methyl sites for hydroxylation is 1. The van der Waals surface area contributed by atoms with Crippen LogP contribution in [0.25, 0.3) is 11.5 Å². The number of carboxylic acids is 1. The van der Waals surface area contributed by atoms with E-state index in [1.165, 1.54) is 0 Å². The van der Waals surface area contributed by atoms with E-state index >= 15 is 0 Å². The number of hydrogen-bond acceptors (Lipinski definition) is 3. The first kappa shape index (κ1) is 13.1. The molecule has 0 unspecified atom stereocenters. The quantitative estimate of drug-likeness (QED) is 0.871. The van der Waals surface area contributed by atoms with E-state index in [0.29, 0.717) is 6.07 Å². The third-order valence-electron chi connectivity index (χ3n) is 2.49. The van der Waals surface area contributed by atoms with Gasteiger partial charge < -0.3 is 9.52 Å². The Morgan fingerprint density at radius 2 is 2.00 bits per heavy atom. The van der Waals surface area contributed by atoms with Gasteiger partial charge >= 0.3 is 5.97 Å². The van der Waals surface area contributed by atoms with Crippen molar-refractivity contribution in [2.75, 3.05) is 0 Å². The molecule has 1 heterocycles. The highest BCUT2D eigenvalue weighted by Gasteiger charge is 2.23. The van der Waals surface area contributed by atoms with Crippen LogP contribution in [0, 0.1) is 17.5 Å². The summed E-state index contributed by atoms with van der Waals surface area (Å²) in [5.74, 6) is -6.68. The minimum absolute atomic E-state index is 0.103. The Balaban J connectivity index is 2.60. The van der Waals surface area contributed by atoms with Crippen molar-refractivity contribution < 1.29 is 27.5 Å². The zero-order chi connectivity index (χ0) is 14.2. The molecule has 0 bridgehead atoms. The number of rotatable bonds is 3. The van der Waals surface area contributed by atoms with E-state index in [1.54, 1.807) is 6.92 Å². The Labute approximate surface area is 105 Å². The van der Waals surface area contributed by atoms with Gasteiger partial charge in [-0.2, -0.15) is 0 Å². The molecule has 0 radical (unpaired) electrons. The van der Waals surface area contributed by atoms with E-state index in [2.05, 4.69) is 4.98 Å². The first-order valence-corrected chi connectivity index (χ1v) is 5.32. The molecule has 0 amide bonds. The summed E-state index contributed by atoms with van der Waals surface area (Å²) in [4.78, 5) is 14.6. The summed E-state index contributed by atoms with van der Waals surface area (Å²) in [5.41, 5.74) is -0.326. The van der Waals surface area contributed by atoms with Crippen LogP contribution in [0.5, 0.6) is 0 Å². The molecule has 0 spiro atoms. The van der Waals surface area contributed by atoms with Crippen molar-refractivity contribution in [3.8, 4) is 11.5 Å². The lowest BCUT2D eigenvalue weighted by atomic mass is 10.2. The number of nitrogens with zero attached hydrogens (tertiary/aromatic N) is 1. The van der Waals surface area contributed by atoms with Gasteiger partial charge in [0.05, 0.1) is 11.3 Å². The Hall–Kier alpha value is -2.31. The average Bonchev–Trinajstić information content (AvgIpc) is 2.80. The van der Waals surface area contributed by atoms with Crippen LogP contribution in [0.15, 0.2) is 16.5 Å². The lowest BCUT2D eigenvalue weighted by Gasteiger charge is -1.99. The normalized spacial score (nSPS) is 10.7. The van der Waals surface area contributed by atoms with Gasteiger partial charge in [0, 0.05) is 0 Å². The lowest BCUT2D eigenvalue weighted by molar-refractivity contribution is 0.0661. The molecule has 0 aliphatic carbocycles. The number of benzene rings is 1. The second-order valence-electron chi connectivity index (χ2n) is 3.68. The van der Waals surface area contributed by atoms with Crippen LogP contribution >= 0.6 is 0 Å². The molecular formula is C12H8F3NO3.